The number of anilines is 1. The van der Waals surface area contributed by atoms with Gasteiger partial charge in [-0.1, -0.05) is 19.1 Å². The van der Waals surface area contributed by atoms with Gasteiger partial charge >= 0.3 is 0 Å². The van der Waals surface area contributed by atoms with Gasteiger partial charge in [0, 0.05) is 24.7 Å². The van der Waals surface area contributed by atoms with E-state index < -0.39 is 0 Å². The van der Waals surface area contributed by atoms with Crippen LogP contribution in [0.15, 0.2) is 24.3 Å². The molecule has 0 aliphatic carbocycles. The second-order valence-corrected chi connectivity index (χ2v) is 5.29. The minimum Gasteiger partial charge on any atom is -0.326 e. The van der Waals surface area contributed by atoms with Gasteiger partial charge < -0.3 is 16.0 Å². The number of amides is 1. The molecule has 0 aliphatic rings. The number of rotatable bonds is 8. The van der Waals surface area contributed by atoms with Crippen LogP contribution in [0.5, 0.6) is 0 Å². The van der Waals surface area contributed by atoms with Crippen molar-refractivity contribution < 1.29 is 4.79 Å². The fourth-order valence-corrected chi connectivity index (χ4v) is 1.97. The summed E-state index contributed by atoms with van der Waals surface area (Å²) in [4.78, 5) is 14.1. The topological polar surface area (TPSA) is 58.4 Å². The Labute approximate surface area is 122 Å². The highest BCUT2D eigenvalue weighted by Gasteiger charge is 2.08. The second-order valence-electron chi connectivity index (χ2n) is 5.29. The fraction of sp³-hybridized carbons (Fsp3) is 0.562. The predicted octanol–water partition coefficient (Wildman–Crippen LogP) is 2.59. The number of benzene rings is 1. The summed E-state index contributed by atoms with van der Waals surface area (Å²) < 4.78 is 0. The van der Waals surface area contributed by atoms with Crippen molar-refractivity contribution >= 4 is 11.6 Å². The maximum absolute atomic E-state index is 11.8. The van der Waals surface area contributed by atoms with E-state index in [0.717, 1.165) is 30.6 Å². The molecule has 4 heteroatoms. The Morgan fingerprint density at radius 3 is 2.55 bits per heavy atom. The van der Waals surface area contributed by atoms with Gasteiger partial charge in [0.15, 0.2) is 0 Å². The molecule has 0 aromatic heterocycles. The van der Waals surface area contributed by atoms with Gasteiger partial charge in [-0.15, -0.1) is 0 Å². The molecule has 0 bridgehead atoms. The number of hydrogen-bond acceptors (Lipinski definition) is 3. The number of nitrogens with two attached hydrogens (primary N) is 1. The molecular formula is C16H27N3O. The van der Waals surface area contributed by atoms with Gasteiger partial charge in [0.05, 0.1) is 0 Å². The fourth-order valence-electron chi connectivity index (χ4n) is 1.97. The SMILES string of the molecule is CCC(C)N(C)CCCC(=O)Nc1ccc(CN)cc1. The van der Waals surface area contributed by atoms with E-state index in [1.165, 1.54) is 0 Å². The van der Waals surface area contributed by atoms with Crippen molar-refractivity contribution in [3.63, 3.8) is 0 Å². The highest BCUT2D eigenvalue weighted by Crippen LogP contribution is 2.10. The van der Waals surface area contributed by atoms with Crippen LogP contribution in [0.2, 0.25) is 0 Å². The van der Waals surface area contributed by atoms with Crippen molar-refractivity contribution in [2.45, 2.75) is 45.7 Å². The number of carbonyl (C=O) groups is 1. The largest absolute Gasteiger partial charge is 0.326 e. The Balaban J connectivity index is 2.29. The molecule has 1 aromatic rings. The molecule has 1 unspecified atom stereocenters. The van der Waals surface area contributed by atoms with Gasteiger partial charge in [-0.25, -0.2) is 0 Å². The molecule has 0 spiro atoms. The first-order chi connectivity index (χ1) is 9.56. The lowest BCUT2D eigenvalue weighted by molar-refractivity contribution is -0.116. The van der Waals surface area contributed by atoms with Gasteiger partial charge in [-0.2, -0.15) is 0 Å². The minimum atomic E-state index is 0.0723. The summed E-state index contributed by atoms with van der Waals surface area (Å²) in [7, 11) is 2.11. The molecular weight excluding hydrogens is 250 g/mol. The Kier molecular flexibility index (Phi) is 7.26. The van der Waals surface area contributed by atoms with Crippen molar-refractivity contribution in [1.82, 2.24) is 4.90 Å². The van der Waals surface area contributed by atoms with E-state index in [9.17, 15) is 4.79 Å². The Bertz CT molecular complexity index is 403. The third kappa shape index (κ3) is 5.72. The van der Waals surface area contributed by atoms with E-state index >= 15 is 0 Å². The first kappa shape index (κ1) is 16.7. The van der Waals surface area contributed by atoms with Crippen LogP contribution in [0.25, 0.3) is 0 Å². The molecule has 1 rings (SSSR count). The van der Waals surface area contributed by atoms with Crippen molar-refractivity contribution in [1.29, 1.82) is 0 Å². The summed E-state index contributed by atoms with van der Waals surface area (Å²) in [5.41, 5.74) is 7.44. The molecule has 4 nitrogen and oxygen atoms in total. The average molecular weight is 277 g/mol. The monoisotopic (exact) mass is 277 g/mol. The summed E-state index contributed by atoms with van der Waals surface area (Å²) >= 11 is 0. The zero-order chi connectivity index (χ0) is 15.0. The van der Waals surface area contributed by atoms with Crippen molar-refractivity contribution in [3.05, 3.63) is 29.8 Å². The highest BCUT2D eigenvalue weighted by molar-refractivity contribution is 5.90. The minimum absolute atomic E-state index is 0.0723. The van der Waals surface area contributed by atoms with Crippen LogP contribution in [0.4, 0.5) is 5.69 Å². The Morgan fingerprint density at radius 1 is 1.35 bits per heavy atom. The van der Waals surface area contributed by atoms with E-state index in [-0.39, 0.29) is 5.91 Å². The molecule has 1 aromatic carbocycles. The van der Waals surface area contributed by atoms with Crippen LogP contribution in [0.3, 0.4) is 0 Å². The van der Waals surface area contributed by atoms with Crippen LogP contribution >= 0.6 is 0 Å². The van der Waals surface area contributed by atoms with Gasteiger partial charge in [0.2, 0.25) is 5.91 Å². The van der Waals surface area contributed by atoms with Crippen molar-refractivity contribution in [2.75, 3.05) is 18.9 Å². The zero-order valence-electron chi connectivity index (χ0n) is 12.9. The summed E-state index contributed by atoms with van der Waals surface area (Å²) in [6.45, 7) is 5.86. The maximum Gasteiger partial charge on any atom is 0.224 e. The Hall–Kier alpha value is -1.39. The molecule has 0 saturated heterocycles. The van der Waals surface area contributed by atoms with E-state index in [1.54, 1.807) is 0 Å². The van der Waals surface area contributed by atoms with Gasteiger partial charge in [-0.3, -0.25) is 4.79 Å². The van der Waals surface area contributed by atoms with Crippen molar-refractivity contribution in [3.8, 4) is 0 Å². The molecule has 0 saturated carbocycles. The molecule has 0 radical (unpaired) electrons. The van der Waals surface area contributed by atoms with E-state index in [4.69, 9.17) is 5.73 Å². The smallest absolute Gasteiger partial charge is 0.224 e. The average Bonchev–Trinajstić information content (AvgIpc) is 2.47. The molecule has 1 atom stereocenters. The molecule has 0 aliphatic heterocycles. The molecule has 0 fully saturated rings. The number of hydrogen-bond donors (Lipinski definition) is 2. The van der Waals surface area contributed by atoms with Crippen LogP contribution in [0.1, 0.15) is 38.7 Å². The van der Waals surface area contributed by atoms with Gasteiger partial charge in [0.1, 0.15) is 0 Å². The first-order valence-corrected chi connectivity index (χ1v) is 7.36. The lowest BCUT2D eigenvalue weighted by atomic mass is 10.2. The quantitative estimate of drug-likeness (QED) is 0.768. The van der Waals surface area contributed by atoms with Crippen LogP contribution < -0.4 is 11.1 Å². The Morgan fingerprint density at radius 2 is 2.00 bits per heavy atom. The van der Waals surface area contributed by atoms with E-state index in [1.807, 2.05) is 24.3 Å². The van der Waals surface area contributed by atoms with Gasteiger partial charge in [0.25, 0.3) is 0 Å². The molecule has 20 heavy (non-hydrogen) atoms. The van der Waals surface area contributed by atoms with Crippen LogP contribution in [-0.4, -0.2) is 30.4 Å². The summed E-state index contributed by atoms with van der Waals surface area (Å²) in [6.07, 6.45) is 2.57. The van der Waals surface area contributed by atoms with E-state index in [0.29, 0.717) is 19.0 Å². The first-order valence-electron chi connectivity index (χ1n) is 7.36. The number of carbonyl (C=O) groups excluding carboxylic acids is 1. The van der Waals surface area contributed by atoms with E-state index in [2.05, 4.69) is 31.1 Å². The number of nitrogens with zero attached hydrogens (tertiary/aromatic N) is 1. The number of nitrogens with one attached hydrogen (secondary N) is 1. The predicted molar refractivity (Wildman–Crippen MR) is 84.6 cm³/mol. The zero-order valence-corrected chi connectivity index (χ0v) is 12.9. The summed E-state index contributed by atoms with van der Waals surface area (Å²) in [5.74, 6) is 0.0723. The lowest BCUT2D eigenvalue weighted by Crippen LogP contribution is -2.29. The second kappa shape index (κ2) is 8.72. The van der Waals surface area contributed by atoms with Gasteiger partial charge in [-0.05, 0) is 51.1 Å². The maximum atomic E-state index is 11.8. The highest BCUT2D eigenvalue weighted by atomic mass is 16.1. The molecule has 1 amide bonds. The summed E-state index contributed by atoms with van der Waals surface area (Å²) in [6, 6.07) is 8.23. The summed E-state index contributed by atoms with van der Waals surface area (Å²) in [5, 5.41) is 2.91. The third-order valence-electron chi connectivity index (χ3n) is 3.73. The van der Waals surface area contributed by atoms with Crippen LogP contribution in [-0.2, 0) is 11.3 Å². The lowest BCUT2D eigenvalue weighted by Gasteiger charge is -2.23. The van der Waals surface area contributed by atoms with Crippen molar-refractivity contribution in [2.24, 2.45) is 5.73 Å². The standard InChI is InChI=1S/C16H27N3O/c1-4-13(2)19(3)11-5-6-16(20)18-15-9-7-14(12-17)8-10-15/h7-10,13H,4-6,11-12,17H2,1-3H3,(H,18,20). The molecule has 112 valence electrons. The normalized spacial score (nSPS) is 12.4. The molecule has 0 heterocycles. The van der Waals surface area contributed by atoms with Crippen LogP contribution in [0, 0.1) is 0 Å². The third-order valence-corrected chi connectivity index (χ3v) is 3.73. The molecule has 3 N–H and O–H groups in total.